The van der Waals surface area contributed by atoms with Gasteiger partial charge in [0.25, 0.3) is 5.91 Å². The number of hydrogen-bond acceptors (Lipinski definition) is 1. The van der Waals surface area contributed by atoms with E-state index in [9.17, 15) is 4.79 Å². The number of halogens is 2. The highest BCUT2D eigenvalue weighted by molar-refractivity contribution is 9.10. The molecular weight excluding hydrogens is 302 g/mol. The maximum Gasteiger partial charge on any atom is 0.251 e. The van der Waals surface area contributed by atoms with Gasteiger partial charge in [-0.2, -0.15) is 0 Å². The van der Waals surface area contributed by atoms with E-state index in [0.717, 1.165) is 23.7 Å². The van der Waals surface area contributed by atoms with Gasteiger partial charge in [0.1, 0.15) is 0 Å². The summed E-state index contributed by atoms with van der Waals surface area (Å²) in [6.45, 7) is 0. The maximum absolute atomic E-state index is 12.0. The zero-order valence-corrected chi connectivity index (χ0v) is 11.8. The van der Waals surface area contributed by atoms with Crippen LogP contribution >= 0.6 is 27.5 Å². The lowest BCUT2D eigenvalue weighted by molar-refractivity contribution is 0.0930. The van der Waals surface area contributed by atoms with E-state index in [1.807, 2.05) is 24.3 Å². The third-order valence-electron chi connectivity index (χ3n) is 3.28. The van der Waals surface area contributed by atoms with Crippen molar-refractivity contribution in [3.05, 3.63) is 34.3 Å². The zero-order chi connectivity index (χ0) is 12.3. The number of carbonyl (C=O) groups is 1. The summed E-state index contributed by atoms with van der Waals surface area (Å²) in [5, 5.41) is 3.08. The number of alkyl halides is 1. The summed E-state index contributed by atoms with van der Waals surface area (Å²) in [5.74, 6) is 1.06. The van der Waals surface area contributed by atoms with Crippen LogP contribution in [0.4, 0.5) is 0 Å². The molecule has 1 aliphatic rings. The SMILES string of the molecule is O=C(NC1CCCC1CCl)c1ccc(Br)cc1. The molecule has 0 bridgehead atoms. The quantitative estimate of drug-likeness (QED) is 0.848. The summed E-state index contributed by atoms with van der Waals surface area (Å²) in [6, 6.07) is 7.64. The number of amides is 1. The van der Waals surface area contributed by atoms with Crippen molar-refractivity contribution in [3.8, 4) is 0 Å². The van der Waals surface area contributed by atoms with E-state index in [1.54, 1.807) is 0 Å². The van der Waals surface area contributed by atoms with Crippen molar-refractivity contribution in [1.29, 1.82) is 0 Å². The fourth-order valence-corrected chi connectivity index (χ4v) is 2.90. The molecule has 2 rings (SSSR count). The Hall–Kier alpha value is -0.540. The van der Waals surface area contributed by atoms with E-state index >= 15 is 0 Å². The minimum absolute atomic E-state index is 0.000448. The number of hydrogen-bond donors (Lipinski definition) is 1. The molecule has 0 saturated heterocycles. The molecule has 0 heterocycles. The van der Waals surface area contributed by atoms with Crippen molar-refractivity contribution in [2.24, 2.45) is 5.92 Å². The van der Waals surface area contributed by atoms with Crippen LogP contribution in [0.25, 0.3) is 0 Å². The third kappa shape index (κ3) is 3.23. The van der Waals surface area contributed by atoms with E-state index in [1.165, 1.54) is 0 Å². The van der Waals surface area contributed by atoms with Crippen LogP contribution in [-0.4, -0.2) is 17.8 Å². The first-order chi connectivity index (χ1) is 8.20. The highest BCUT2D eigenvalue weighted by Crippen LogP contribution is 2.26. The van der Waals surface area contributed by atoms with E-state index in [0.29, 0.717) is 17.4 Å². The van der Waals surface area contributed by atoms with Crippen LogP contribution < -0.4 is 5.32 Å². The third-order valence-corrected chi connectivity index (χ3v) is 4.21. The van der Waals surface area contributed by atoms with E-state index in [-0.39, 0.29) is 11.9 Å². The van der Waals surface area contributed by atoms with E-state index in [2.05, 4.69) is 21.2 Å². The minimum Gasteiger partial charge on any atom is -0.349 e. The Labute approximate surface area is 115 Å². The summed E-state index contributed by atoms with van der Waals surface area (Å²) in [4.78, 5) is 12.0. The predicted molar refractivity (Wildman–Crippen MR) is 73.5 cm³/mol. The van der Waals surface area contributed by atoms with Crippen LogP contribution in [0.2, 0.25) is 0 Å². The standard InChI is InChI=1S/C13H15BrClNO/c14-11-6-4-9(5-7-11)13(17)16-12-3-1-2-10(12)8-15/h4-7,10,12H,1-3,8H2,(H,16,17). The topological polar surface area (TPSA) is 29.1 Å². The average Bonchev–Trinajstić information content (AvgIpc) is 2.77. The fourth-order valence-electron chi connectivity index (χ4n) is 2.26. The van der Waals surface area contributed by atoms with Crippen molar-refractivity contribution in [1.82, 2.24) is 5.32 Å². The van der Waals surface area contributed by atoms with Gasteiger partial charge in [0.15, 0.2) is 0 Å². The maximum atomic E-state index is 12.0. The number of rotatable bonds is 3. The van der Waals surface area contributed by atoms with Gasteiger partial charge in [0.05, 0.1) is 0 Å². The highest BCUT2D eigenvalue weighted by Gasteiger charge is 2.27. The molecule has 1 aromatic carbocycles. The number of benzene rings is 1. The monoisotopic (exact) mass is 315 g/mol. The van der Waals surface area contributed by atoms with E-state index < -0.39 is 0 Å². The second-order valence-electron chi connectivity index (χ2n) is 4.43. The Kier molecular flexibility index (Phi) is 4.46. The Morgan fingerprint density at radius 2 is 2.06 bits per heavy atom. The van der Waals surface area contributed by atoms with Crippen LogP contribution in [0.1, 0.15) is 29.6 Å². The van der Waals surface area contributed by atoms with Gasteiger partial charge < -0.3 is 5.32 Å². The Balaban J connectivity index is 1.99. The van der Waals surface area contributed by atoms with E-state index in [4.69, 9.17) is 11.6 Å². The van der Waals surface area contributed by atoms with Crippen molar-refractivity contribution in [2.75, 3.05) is 5.88 Å². The molecule has 0 aromatic heterocycles. The molecule has 17 heavy (non-hydrogen) atoms. The largest absolute Gasteiger partial charge is 0.349 e. The molecule has 2 nitrogen and oxygen atoms in total. The van der Waals surface area contributed by atoms with Gasteiger partial charge >= 0.3 is 0 Å². The second-order valence-corrected chi connectivity index (χ2v) is 5.66. The first-order valence-electron chi connectivity index (χ1n) is 5.83. The molecule has 4 heteroatoms. The Morgan fingerprint density at radius 3 is 2.71 bits per heavy atom. The summed E-state index contributed by atoms with van der Waals surface area (Å²) in [5.41, 5.74) is 0.702. The molecule has 1 aliphatic carbocycles. The fraction of sp³-hybridized carbons (Fsp3) is 0.462. The summed E-state index contributed by atoms with van der Waals surface area (Å²) in [7, 11) is 0. The van der Waals surface area contributed by atoms with Crippen LogP contribution in [0.15, 0.2) is 28.7 Å². The molecule has 0 spiro atoms. The average molecular weight is 317 g/mol. The van der Waals surface area contributed by atoms with Crippen LogP contribution in [0.3, 0.4) is 0 Å². The van der Waals surface area contributed by atoms with Gasteiger partial charge in [0, 0.05) is 22.0 Å². The molecule has 0 radical (unpaired) electrons. The molecular formula is C13H15BrClNO. The molecule has 2 atom stereocenters. The number of carbonyl (C=O) groups excluding carboxylic acids is 1. The lowest BCUT2D eigenvalue weighted by Crippen LogP contribution is -2.37. The molecule has 1 fully saturated rings. The molecule has 2 unspecified atom stereocenters. The van der Waals surface area contributed by atoms with Crippen molar-refractivity contribution in [3.63, 3.8) is 0 Å². The Bertz CT molecular complexity index is 393. The minimum atomic E-state index is -0.000448. The van der Waals surface area contributed by atoms with Gasteiger partial charge in [-0.15, -0.1) is 11.6 Å². The van der Waals surface area contributed by atoms with Crippen LogP contribution in [0.5, 0.6) is 0 Å². The van der Waals surface area contributed by atoms with Gasteiger partial charge in [-0.1, -0.05) is 22.4 Å². The van der Waals surface area contributed by atoms with Crippen LogP contribution in [0, 0.1) is 5.92 Å². The highest BCUT2D eigenvalue weighted by atomic mass is 79.9. The predicted octanol–water partition coefficient (Wildman–Crippen LogP) is 3.59. The summed E-state index contributed by atoms with van der Waals surface area (Å²) in [6.07, 6.45) is 3.32. The van der Waals surface area contributed by atoms with Gasteiger partial charge in [0.2, 0.25) is 0 Å². The van der Waals surface area contributed by atoms with Crippen molar-refractivity contribution >= 4 is 33.4 Å². The molecule has 92 valence electrons. The Morgan fingerprint density at radius 1 is 1.35 bits per heavy atom. The number of nitrogens with one attached hydrogen (secondary N) is 1. The normalized spacial score (nSPS) is 23.6. The van der Waals surface area contributed by atoms with Crippen molar-refractivity contribution < 1.29 is 4.79 Å². The first-order valence-corrected chi connectivity index (χ1v) is 7.16. The van der Waals surface area contributed by atoms with Gasteiger partial charge in [-0.3, -0.25) is 4.79 Å². The zero-order valence-electron chi connectivity index (χ0n) is 9.46. The molecule has 0 aliphatic heterocycles. The first kappa shape index (κ1) is 12.9. The molecule has 1 amide bonds. The summed E-state index contributed by atoms with van der Waals surface area (Å²) >= 11 is 9.25. The van der Waals surface area contributed by atoms with Crippen LogP contribution in [-0.2, 0) is 0 Å². The molecule has 1 N–H and O–H groups in total. The van der Waals surface area contributed by atoms with Gasteiger partial charge in [-0.25, -0.2) is 0 Å². The lowest BCUT2D eigenvalue weighted by Gasteiger charge is -2.18. The summed E-state index contributed by atoms with van der Waals surface area (Å²) < 4.78 is 0.980. The lowest BCUT2D eigenvalue weighted by atomic mass is 10.1. The molecule has 1 aromatic rings. The van der Waals surface area contributed by atoms with Crippen molar-refractivity contribution in [2.45, 2.75) is 25.3 Å². The van der Waals surface area contributed by atoms with Gasteiger partial charge in [-0.05, 0) is 43.0 Å². The smallest absolute Gasteiger partial charge is 0.251 e. The molecule has 1 saturated carbocycles. The second kappa shape index (κ2) is 5.87.